The topological polar surface area (TPSA) is 46.5 Å². The molecule has 0 radical (unpaired) electrons. The molecule has 19 heavy (non-hydrogen) atoms. The largest absolute Gasteiger partial charge is 0.481 e. The van der Waals surface area contributed by atoms with E-state index in [-0.39, 0.29) is 5.54 Å². The number of rotatable bonds is 6. The van der Waals surface area contributed by atoms with Crippen LogP contribution in [0.5, 0.6) is 0 Å². The van der Waals surface area contributed by atoms with Crippen molar-refractivity contribution in [3.05, 3.63) is 30.3 Å². The maximum atomic E-state index is 11.4. The second-order valence-corrected chi connectivity index (χ2v) is 14.2. The lowest BCUT2D eigenvalue weighted by molar-refractivity contribution is -0.137. The minimum atomic E-state index is -2.25. The molecule has 1 atom stereocenters. The predicted octanol–water partition coefficient (Wildman–Crippen LogP) is 3.19. The van der Waals surface area contributed by atoms with Gasteiger partial charge in [0.05, 0.1) is 5.54 Å². The second kappa shape index (κ2) is 6.02. The van der Waals surface area contributed by atoms with Gasteiger partial charge in [-0.2, -0.15) is 0 Å². The third-order valence-electron chi connectivity index (χ3n) is 3.53. The van der Waals surface area contributed by atoms with Crippen molar-refractivity contribution in [1.29, 1.82) is 0 Å². The molecule has 0 aliphatic rings. The molecule has 0 saturated heterocycles. The van der Waals surface area contributed by atoms with E-state index in [0.717, 1.165) is 0 Å². The summed E-state index contributed by atoms with van der Waals surface area (Å²) in [6, 6.07) is 10.2. The Hall–Kier alpha value is -0.916. The summed E-state index contributed by atoms with van der Waals surface area (Å²) in [7, 11) is -4.29. The average Bonchev–Trinajstić information content (AvgIpc) is 2.28. The van der Waals surface area contributed by atoms with E-state index in [0.29, 0.717) is 6.42 Å². The van der Waals surface area contributed by atoms with Crippen LogP contribution >= 0.6 is 0 Å². The van der Waals surface area contributed by atoms with Gasteiger partial charge in [-0.25, -0.2) is 0 Å². The van der Waals surface area contributed by atoms with Crippen LogP contribution in [-0.2, 0) is 8.91 Å². The van der Waals surface area contributed by atoms with Gasteiger partial charge in [-0.15, -0.1) is 0 Å². The normalized spacial score (nSPS) is 14.2. The third-order valence-corrected chi connectivity index (χ3v) is 11.7. The molecule has 0 heterocycles. The van der Waals surface area contributed by atoms with E-state index in [2.05, 4.69) is 25.2 Å². The molecule has 5 heteroatoms. The zero-order valence-corrected chi connectivity index (χ0v) is 14.4. The molecule has 0 aliphatic carbocycles. The smallest absolute Gasteiger partial charge is 0.306 e. The van der Waals surface area contributed by atoms with Crippen molar-refractivity contribution in [3.8, 4) is 0 Å². The lowest BCUT2D eigenvalue weighted by Gasteiger charge is -2.37. The van der Waals surface area contributed by atoms with Gasteiger partial charge < -0.3 is 9.22 Å². The first-order chi connectivity index (χ1) is 8.70. The number of hydrogen-bond donors (Lipinski definition) is 1. The standard InChI is InChI=1S/C14H24O3Si2/c1-6-13(14(15)16)19(4,5)17-18(2,3)12-10-8-7-9-11-12/h7-11,13H,6H2,1-5H3,(H,15,16). The van der Waals surface area contributed by atoms with Gasteiger partial charge in [0.2, 0.25) is 8.32 Å². The van der Waals surface area contributed by atoms with Gasteiger partial charge in [0.1, 0.15) is 0 Å². The van der Waals surface area contributed by atoms with E-state index in [1.54, 1.807) is 0 Å². The molecule has 106 valence electrons. The molecule has 0 bridgehead atoms. The molecule has 0 fully saturated rings. The summed E-state index contributed by atoms with van der Waals surface area (Å²) < 4.78 is 6.42. The van der Waals surface area contributed by atoms with Crippen LogP contribution in [0.15, 0.2) is 30.3 Å². The van der Waals surface area contributed by atoms with Crippen LogP contribution in [0.2, 0.25) is 31.7 Å². The van der Waals surface area contributed by atoms with Crippen molar-refractivity contribution in [2.75, 3.05) is 0 Å². The van der Waals surface area contributed by atoms with Gasteiger partial charge in [-0.3, -0.25) is 4.79 Å². The third kappa shape index (κ3) is 4.02. The van der Waals surface area contributed by atoms with Gasteiger partial charge in [0.25, 0.3) is 0 Å². The first-order valence-corrected chi connectivity index (χ1v) is 12.6. The van der Waals surface area contributed by atoms with Crippen molar-refractivity contribution in [2.45, 2.75) is 45.1 Å². The molecular formula is C14H24O3Si2. The van der Waals surface area contributed by atoms with Crippen molar-refractivity contribution < 1.29 is 14.0 Å². The number of aliphatic carboxylic acids is 1. The van der Waals surface area contributed by atoms with Gasteiger partial charge in [-0.1, -0.05) is 37.3 Å². The summed E-state index contributed by atoms with van der Waals surface area (Å²) in [6.45, 7) is 10.3. The first-order valence-electron chi connectivity index (χ1n) is 6.69. The summed E-state index contributed by atoms with van der Waals surface area (Å²) in [6.07, 6.45) is 0.633. The molecular weight excluding hydrogens is 272 g/mol. The fraction of sp³-hybridized carbons (Fsp3) is 0.500. The second-order valence-electron chi connectivity index (χ2n) is 5.88. The van der Waals surface area contributed by atoms with E-state index in [1.165, 1.54) is 5.19 Å². The molecule has 0 spiro atoms. The Morgan fingerprint density at radius 3 is 2.16 bits per heavy atom. The molecule has 0 aliphatic heterocycles. The van der Waals surface area contributed by atoms with E-state index in [9.17, 15) is 9.90 Å². The van der Waals surface area contributed by atoms with Crippen molar-refractivity contribution in [3.63, 3.8) is 0 Å². The van der Waals surface area contributed by atoms with Gasteiger partial charge >= 0.3 is 5.97 Å². The zero-order chi connectivity index (χ0) is 14.7. The Balaban J connectivity index is 2.96. The molecule has 0 aromatic heterocycles. The van der Waals surface area contributed by atoms with Crippen LogP contribution in [0, 0.1) is 0 Å². The van der Waals surface area contributed by atoms with Gasteiger partial charge in [0, 0.05) is 0 Å². The van der Waals surface area contributed by atoms with Gasteiger partial charge in [-0.05, 0) is 37.8 Å². The van der Waals surface area contributed by atoms with E-state index < -0.39 is 22.6 Å². The number of hydrogen-bond acceptors (Lipinski definition) is 2. The highest BCUT2D eigenvalue weighted by Crippen LogP contribution is 2.29. The molecule has 1 unspecified atom stereocenters. The molecule has 0 amide bonds. The average molecular weight is 297 g/mol. The van der Waals surface area contributed by atoms with Gasteiger partial charge in [0.15, 0.2) is 8.32 Å². The summed E-state index contributed by atoms with van der Waals surface area (Å²) in [5.74, 6) is -0.725. The summed E-state index contributed by atoms with van der Waals surface area (Å²) in [5, 5.41) is 10.6. The highest BCUT2D eigenvalue weighted by molar-refractivity contribution is 6.93. The van der Waals surface area contributed by atoms with Crippen LogP contribution in [0.3, 0.4) is 0 Å². The molecule has 1 rings (SSSR count). The Morgan fingerprint density at radius 2 is 1.74 bits per heavy atom. The summed E-state index contributed by atoms with van der Waals surface area (Å²) in [5.41, 5.74) is -0.344. The van der Waals surface area contributed by atoms with Crippen molar-refractivity contribution in [2.24, 2.45) is 0 Å². The molecule has 1 aromatic carbocycles. The van der Waals surface area contributed by atoms with Crippen LogP contribution in [-0.4, -0.2) is 27.7 Å². The minimum Gasteiger partial charge on any atom is -0.481 e. The van der Waals surface area contributed by atoms with Crippen molar-refractivity contribution in [1.82, 2.24) is 0 Å². The molecule has 3 nitrogen and oxygen atoms in total. The Morgan fingerprint density at radius 1 is 1.21 bits per heavy atom. The quantitative estimate of drug-likeness (QED) is 0.820. The fourth-order valence-electron chi connectivity index (χ4n) is 2.59. The van der Waals surface area contributed by atoms with E-state index >= 15 is 0 Å². The number of carboxylic acid groups (broad SMARTS) is 1. The minimum absolute atomic E-state index is 0.344. The Kier molecular flexibility index (Phi) is 5.12. The molecule has 1 N–H and O–H groups in total. The fourth-order valence-corrected chi connectivity index (χ4v) is 11.5. The Bertz CT molecular complexity index is 430. The monoisotopic (exact) mass is 296 g/mol. The van der Waals surface area contributed by atoms with Crippen LogP contribution in [0.25, 0.3) is 0 Å². The lowest BCUT2D eigenvalue weighted by atomic mass is 10.3. The zero-order valence-electron chi connectivity index (χ0n) is 12.4. The van der Waals surface area contributed by atoms with Crippen molar-refractivity contribution >= 4 is 27.8 Å². The molecule has 1 aromatic rings. The lowest BCUT2D eigenvalue weighted by Crippen LogP contribution is -2.55. The highest BCUT2D eigenvalue weighted by Gasteiger charge is 2.42. The molecule has 0 saturated carbocycles. The Labute approximate surface area is 117 Å². The van der Waals surface area contributed by atoms with E-state index in [4.69, 9.17) is 4.12 Å². The summed E-state index contributed by atoms with van der Waals surface area (Å²) >= 11 is 0. The van der Waals surface area contributed by atoms with E-state index in [1.807, 2.05) is 38.2 Å². The summed E-state index contributed by atoms with van der Waals surface area (Å²) in [4.78, 5) is 11.4. The first kappa shape index (κ1) is 16.1. The SMILES string of the molecule is CCC(C(=O)O)[Si](C)(C)O[Si](C)(C)c1ccccc1. The van der Waals surface area contributed by atoms with Crippen LogP contribution in [0.1, 0.15) is 13.3 Å². The maximum absolute atomic E-state index is 11.4. The number of carbonyl (C=O) groups is 1. The van der Waals surface area contributed by atoms with Crippen LogP contribution in [0.4, 0.5) is 0 Å². The number of benzene rings is 1. The van der Waals surface area contributed by atoms with Crippen LogP contribution < -0.4 is 5.19 Å². The highest BCUT2D eigenvalue weighted by atomic mass is 28.4. The number of carboxylic acids is 1. The maximum Gasteiger partial charge on any atom is 0.306 e. The predicted molar refractivity (Wildman–Crippen MR) is 83.8 cm³/mol.